The first-order valence-corrected chi connectivity index (χ1v) is 12.0. The Balaban J connectivity index is 1.75. The van der Waals surface area contributed by atoms with Crippen LogP contribution in [0.2, 0.25) is 0 Å². The van der Waals surface area contributed by atoms with Gasteiger partial charge in [0.2, 0.25) is 0 Å². The van der Waals surface area contributed by atoms with E-state index in [1.54, 1.807) is 4.90 Å². The van der Waals surface area contributed by atoms with Gasteiger partial charge in [-0.2, -0.15) is 23.1 Å². The summed E-state index contributed by atoms with van der Waals surface area (Å²) in [6.07, 6.45) is -3.88. The second-order valence-corrected chi connectivity index (χ2v) is 9.23. The molecule has 0 aliphatic carbocycles. The molecule has 198 valence electrons. The van der Waals surface area contributed by atoms with Crippen LogP contribution in [0.5, 0.6) is 11.8 Å². The highest BCUT2D eigenvalue weighted by atomic mass is 19.4. The van der Waals surface area contributed by atoms with E-state index < -0.39 is 34.7 Å². The van der Waals surface area contributed by atoms with Gasteiger partial charge in [-0.05, 0) is 38.1 Å². The molecular weight excluding hydrogens is 496 g/mol. The Hall–Kier alpha value is -3.45. The number of likely N-dealkylation sites (tertiary alicyclic amines) is 1. The van der Waals surface area contributed by atoms with Crippen molar-refractivity contribution in [3.63, 3.8) is 0 Å². The number of aromatic nitrogens is 3. The summed E-state index contributed by atoms with van der Waals surface area (Å²) in [5.74, 6) is -1.86. The van der Waals surface area contributed by atoms with Crippen molar-refractivity contribution in [3.05, 3.63) is 46.1 Å². The van der Waals surface area contributed by atoms with Crippen LogP contribution >= 0.6 is 0 Å². The number of piperazine rings is 1. The van der Waals surface area contributed by atoms with E-state index in [0.29, 0.717) is 39.0 Å². The largest absolute Gasteiger partial charge is 0.506 e. The fourth-order valence-corrected chi connectivity index (χ4v) is 4.73. The average Bonchev–Trinajstić information content (AvgIpc) is 2.86. The van der Waals surface area contributed by atoms with Crippen LogP contribution in [0.3, 0.4) is 0 Å². The number of anilines is 1. The van der Waals surface area contributed by atoms with Crippen molar-refractivity contribution in [1.29, 1.82) is 0 Å². The molecule has 0 unspecified atom stereocenters. The Morgan fingerprint density at radius 3 is 2.46 bits per heavy atom. The first-order chi connectivity index (χ1) is 17.6. The van der Waals surface area contributed by atoms with Gasteiger partial charge in [-0.15, -0.1) is 0 Å². The molecule has 0 atom stereocenters. The third-order valence-corrected chi connectivity index (χ3v) is 6.67. The van der Waals surface area contributed by atoms with E-state index in [4.69, 9.17) is 4.74 Å². The lowest BCUT2D eigenvalue weighted by Crippen LogP contribution is -2.44. The smallest absolute Gasteiger partial charge is 0.431 e. The zero-order valence-electron chi connectivity index (χ0n) is 20.1. The summed E-state index contributed by atoms with van der Waals surface area (Å²) in [7, 11) is 1.99. The average molecular weight is 523 g/mol. The Bertz CT molecular complexity index is 1350. The molecule has 0 saturated carbocycles. The van der Waals surface area contributed by atoms with Crippen molar-refractivity contribution >= 4 is 16.7 Å². The summed E-state index contributed by atoms with van der Waals surface area (Å²) in [5.41, 5.74) is -3.95. The van der Waals surface area contributed by atoms with Crippen LogP contribution < -0.4 is 20.5 Å². The molecule has 0 amide bonds. The van der Waals surface area contributed by atoms with Crippen LogP contribution in [0.15, 0.2) is 29.1 Å². The van der Waals surface area contributed by atoms with E-state index in [-0.39, 0.29) is 33.4 Å². The summed E-state index contributed by atoms with van der Waals surface area (Å²) in [4.78, 5) is 26.2. The van der Waals surface area contributed by atoms with E-state index >= 15 is 0 Å². The van der Waals surface area contributed by atoms with Gasteiger partial charge in [0.1, 0.15) is 34.6 Å². The number of benzene rings is 1. The van der Waals surface area contributed by atoms with E-state index in [0.717, 1.165) is 37.4 Å². The van der Waals surface area contributed by atoms with Crippen LogP contribution in [0.1, 0.15) is 18.5 Å². The number of hydrogen-bond donors (Lipinski definition) is 2. The van der Waals surface area contributed by atoms with Gasteiger partial charge in [0, 0.05) is 39.3 Å². The Labute approximate surface area is 209 Å². The van der Waals surface area contributed by atoms with Gasteiger partial charge in [-0.3, -0.25) is 9.36 Å². The van der Waals surface area contributed by atoms with Crippen LogP contribution in [-0.4, -0.2) is 77.0 Å². The fourth-order valence-electron chi connectivity index (χ4n) is 4.73. The lowest BCUT2D eigenvalue weighted by molar-refractivity contribution is -0.142. The normalized spacial score (nSPS) is 17.9. The summed E-state index contributed by atoms with van der Waals surface area (Å²) in [6.45, 7) is 3.61. The number of pyridine rings is 1. The molecule has 3 aromatic rings. The second-order valence-electron chi connectivity index (χ2n) is 9.23. The Morgan fingerprint density at radius 1 is 1.11 bits per heavy atom. The van der Waals surface area contributed by atoms with Gasteiger partial charge in [0.05, 0.1) is 5.39 Å². The molecule has 2 fully saturated rings. The molecule has 0 radical (unpaired) electrons. The topological polar surface area (TPSA) is 95.8 Å². The number of nitrogens with one attached hydrogen (secondary N) is 1. The van der Waals surface area contributed by atoms with Crippen LogP contribution in [0, 0.1) is 5.82 Å². The zero-order valence-corrected chi connectivity index (χ0v) is 20.1. The molecule has 2 aliphatic heterocycles. The molecule has 2 saturated heterocycles. The molecule has 1 aromatic carbocycles. The van der Waals surface area contributed by atoms with Crippen molar-refractivity contribution < 1.29 is 27.4 Å². The number of piperidine rings is 1. The molecule has 5 rings (SSSR count). The summed E-state index contributed by atoms with van der Waals surface area (Å²) in [6, 6.07) is 3.62. The Morgan fingerprint density at radius 2 is 1.81 bits per heavy atom. The molecule has 13 heteroatoms. The van der Waals surface area contributed by atoms with Gasteiger partial charge in [0.15, 0.2) is 5.82 Å². The summed E-state index contributed by atoms with van der Waals surface area (Å²) < 4.78 is 63.6. The van der Waals surface area contributed by atoms with E-state index in [9.17, 15) is 27.5 Å². The molecule has 4 heterocycles. The summed E-state index contributed by atoms with van der Waals surface area (Å²) >= 11 is 0. The Kier molecular flexibility index (Phi) is 6.67. The molecule has 2 N–H and O–H groups in total. The minimum Gasteiger partial charge on any atom is -0.506 e. The number of fused-ring (bicyclic) bond motifs is 1. The standard InChI is InChI=1S/C24H26F4N6O3/c1-32-9-5-14(6-10-32)37-23-30-19-15(21(31-23)33-11-7-29-8-12-33)13-18(24(26,27)28)34(22(19)36)20-16(25)3-2-4-17(20)35/h2-4,13-14,29,35H,5-12H2,1H3. The number of halogens is 4. The molecule has 37 heavy (non-hydrogen) atoms. The van der Waals surface area contributed by atoms with Crippen molar-refractivity contribution in [1.82, 2.24) is 24.8 Å². The highest BCUT2D eigenvalue weighted by molar-refractivity contribution is 5.90. The minimum atomic E-state index is -5.05. The zero-order chi connectivity index (χ0) is 26.3. The highest BCUT2D eigenvalue weighted by Gasteiger charge is 2.38. The lowest BCUT2D eigenvalue weighted by Gasteiger charge is -2.31. The number of aromatic hydroxyl groups is 1. The third-order valence-electron chi connectivity index (χ3n) is 6.67. The van der Waals surface area contributed by atoms with E-state index in [2.05, 4.69) is 20.2 Å². The van der Waals surface area contributed by atoms with Gasteiger partial charge in [-0.1, -0.05) is 6.07 Å². The van der Waals surface area contributed by atoms with Crippen LogP contribution in [-0.2, 0) is 6.18 Å². The number of hydrogen-bond acceptors (Lipinski definition) is 8. The molecule has 9 nitrogen and oxygen atoms in total. The minimum absolute atomic E-state index is 0.123. The molecular formula is C24H26F4N6O3. The fraction of sp³-hybridized carbons (Fsp3) is 0.458. The quantitative estimate of drug-likeness (QED) is 0.505. The lowest BCUT2D eigenvalue weighted by atomic mass is 10.1. The van der Waals surface area contributed by atoms with Gasteiger partial charge < -0.3 is 25.0 Å². The van der Waals surface area contributed by atoms with Crippen molar-refractivity contribution in [2.75, 3.05) is 51.2 Å². The first-order valence-electron chi connectivity index (χ1n) is 12.0. The maximum atomic E-state index is 14.7. The number of alkyl halides is 3. The predicted molar refractivity (Wildman–Crippen MR) is 128 cm³/mol. The molecule has 0 bridgehead atoms. The third kappa shape index (κ3) is 4.92. The molecule has 2 aromatic heterocycles. The SMILES string of the molecule is CN1CCC(Oc2nc(N3CCNCC3)c3cc(C(F)(F)F)n(-c4c(O)cccc4F)c(=O)c3n2)CC1. The van der Waals surface area contributed by atoms with Crippen molar-refractivity contribution in [2.45, 2.75) is 25.1 Å². The number of phenolic OH excluding ortho intramolecular Hbond substituents is 1. The van der Waals surface area contributed by atoms with Gasteiger partial charge >= 0.3 is 12.2 Å². The van der Waals surface area contributed by atoms with Crippen LogP contribution in [0.4, 0.5) is 23.4 Å². The number of phenols is 1. The molecule has 2 aliphatic rings. The van der Waals surface area contributed by atoms with E-state index in [1.807, 2.05) is 7.05 Å². The van der Waals surface area contributed by atoms with Crippen molar-refractivity contribution in [2.24, 2.45) is 0 Å². The highest BCUT2D eigenvalue weighted by Crippen LogP contribution is 2.37. The number of ether oxygens (including phenoxy) is 1. The predicted octanol–water partition coefficient (Wildman–Crippen LogP) is 2.53. The van der Waals surface area contributed by atoms with Gasteiger partial charge in [0.25, 0.3) is 5.56 Å². The first kappa shape index (κ1) is 25.2. The number of para-hydroxylation sites is 1. The van der Waals surface area contributed by atoms with Crippen LogP contribution in [0.25, 0.3) is 16.6 Å². The van der Waals surface area contributed by atoms with Gasteiger partial charge in [-0.25, -0.2) is 4.39 Å². The maximum Gasteiger partial charge on any atom is 0.431 e. The summed E-state index contributed by atoms with van der Waals surface area (Å²) in [5, 5.41) is 13.3. The maximum absolute atomic E-state index is 14.7. The monoisotopic (exact) mass is 522 g/mol. The number of nitrogens with zero attached hydrogens (tertiary/aromatic N) is 5. The van der Waals surface area contributed by atoms with E-state index in [1.165, 1.54) is 0 Å². The second kappa shape index (κ2) is 9.78. The van der Waals surface area contributed by atoms with Crippen molar-refractivity contribution in [3.8, 4) is 17.4 Å². The molecule has 0 spiro atoms. The number of rotatable bonds is 4.